The first-order chi connectivity index (χ1) is 13.1. The maximum absolute atomic E-state index is 13.1. The van der Waals surface area contributed by atoms with Crippen molar-refractivity contribution in [3.63, 3.8) is 0 Å². The highest BCUT2D eigenvalue weighted by Crippen LogP contribution is 2.25. The van der Waals surface area contributed by atoms with Gasteiger partial charge < -0.3 is 9.64 Å². The molecule has 1 aliphatic heterocycles. The van der Waals surface area contributed by atoms with Crippen molar-refractivity contribution < 1.29 is 13.9 Å². The molecule has 138 valence electrons. The molecule has 0 spiro atoms. The summed E-state index contributed by atoms with van der Waals surface area (Å²) in [5.41, 5.74) is 3.91. The van der Waals surface area contributed by atoms with Crippen molar-refractivity contribution in [1.82, 2.24) is 19.9 Å². The number of rotatable bonds is 3. The first-order valence-corrected chi connectivity index (χ1v) is 8.70. The SMILES string of the molecule is COc1ccc2c(c1)CN(C(=O)c1nnn(-c3ccc(F)cc3)c1C)CC2. The molecule has 0 bridgehead atoms. The van der Waals surface area contributed by atoms with Crippen LogP contribution in [0.15, 0.2) is 42.5 Å². The lowest BCUT2D eigenvalue weighted by molar-refractivity contribution is 0.0727. The molecule has 1 aromatic heterocycles. The molecule has 7 heteroatoms. The average Bonchev–Trinajstić information content (AvgIpc) is 3.08. The molecular weight excluding hydrogens is 347 g/mol. The lowest BCUT2D eigenvalue weighted by Crippen LogP contribution is -2.36. The molecule has 27 heavy (non-hydrogen) atoms. The molecule has 1 aliphatic rings. The second-order valence-electron chi connectivity index (χ2n) is 6.52. The van der Waals surface area contributed by atoms with Crippen LogP contribution in [-0.4, -0.2) is 39.5 Å². The summed E-state index contributed by atoms with van der Waals surface area (Å²) in [7, 11) is 1.63. The number of fused-ring (bicyclic) bond motifs is 1. The van der Waals surface area contributed by atoms with Crippen LogP contribution in [0.3, 0.4) is 0 Å². The third kappa shape index (κ3) is 3.16. The van der Waals surface area contributed by atoms with E-state index >= 15 is 0 Å². The number of carbonyl (C=O) groups is 1. The second-order valence-corrected chi connectivity index (χ2v) is 6.52. The molecule has 2 heterocycles. The van der Waals surface area contributed by atoms with E-state index in [1.54, 1.807) is 35.7 Å². The molecule has 0 unspecified atom stereocenters. The number of halogens is 1. The summed E-state index contributed by atoms with van der Waals surface area (Å²) in [6.45, 7) is 2.92. The summed E-state index contributed by atoms with van der Waals surface area (Å²) in [4.78, 5) is 14.8. The number of nitrogens with zero attached hydrogens (tertiary/aromatic N) is 4. The minimum absolute atomic E-state index is 0.158. The summed E-state index contributed by atoms with van der Waals surface area (Å²) < 4.78 is 20.0. The van der Waals surface area contributed by atoms with Crippen molar-refractivity contribution in [2.75, 3.05) is 13.7 Å². The Morgan fingerprint density at radius 2 is 1.93 bits per heavy atom. The minimum Gasteiger partial charge on any atom is -0.497 e. The van der Waals surface area contributed by atoms with Crippen LogP contribution >= 0.6 is 0 Å². The standard InChI is InChI=1S/C20H19FN4O2/c1-13-19(22-23-25(13)17-6-4-16(21)5-7-17)20(26)24-10-9-14-3-8-18(27-2)11-15(14)12-24/h3-8,11H,9-10,12H2,1-2H3. The first kappa shape index (κ1) is 17.2. The highest BCUT2D eigenvalue weighted by atomic mass is 19.1. The predicted octanol–water partition coefficient (Wildman–Crippen LogP) is 2.92. The van der Waals surface area contributed by atoms with E-state index in [2.05, 4.69) is 10.3 Å². The number of carbonyl (C=O) groups excluding carboxylic acids is 1. The van der Waals surface area contributed by atoms with Crippen LogP contribution < -0.4 is 4.74 Å². The quantitative estimate of drug-likeness (QED) is 0.715. The van der Waals surface area contributed by atoms with Gasteiger partial charge in [-0.05, 0) is 60.9 Å². The Labute approximate surface area is 156 Å². The third-order valence-corrected chi connectivity index (χ3v) is 4.88. The molecule has 3 aromatic rings. The monoisotopic (exact) mass is 366 g/mol. The van der Waals surface area contributed by atoms with E-state index < -0.39 is 0 Å². The Kier molecular flexibility index (Phi) is 4.35. The fraction of sp³-hybridized carbons (Fsp3) is 0.250. The van der Waals surface area contributed by atoms with Crippen LogP contribution in [0.25, 0.3) is 5.69 Å². The van der Waals surface area contributed by atoms with Gasteiger partial charge in [-0.3, -0.25) is 4.79 Å². The van der Waals surface area contributed by atoms with Gasteiger partial charge in [0.15, 0.2) is 5.69 Å². The molecule has 0 aliphatic carbocycles. The van der Waals surface area contributed by atoms with E-state index in [0.29, 0.717) is 30.2 Å². The van der Waals surface area contributed by atoms with Gasteiger partial charge in [-0.2, -0.15) is 0 Å². The third-order valence-electron chi connectivity index (χ3n) is 4.88. The number of hydrogen-bond donors (Lipinski definition) is 0. The van der Waals surface area contributed by atoms with Gasteiger partial charge in [0.05, 0.1) is 18.5 Å². The summed E-state index contributed by atoms with van der Waals surface area (Å²) in [6.07, 6.45) is 0.788. The number of amides is 1. The maximum atomic E-state index is 13.1. The van der Waals surface area contributed by atoms with Gasteiger partial charge in [0.1, 0.15) is 11.6 Å². The molecule has 0 N–H and O–H groups in total. The fourth-order valence-corrected chi connectivity index (χ4v) is 3.34. The smallest absolute Gasteiger partial charge is 0.276 e. The molecule has 0 atom stereocenters. The Morgan fingerprint density at radius 3 is 2.67 bits per heavy atom. The van der Waals surface area contributed by atoms with Gasteiger partial charge in [-0.25, -0.2) is 9.07 Å². The second kappa shape index (κ2) is 6.83. The molecule has 1 amide bonds. The molecule has 4 rings (SSSR count). The van der Waals surface area contributed by atoms with Crippen molar-refractivity contribution in [1.29, 1.82) is 0 Å². The lowest BCUT2D eigenvalue weighted by atomic mass is 9.99. The Balaban J connectivity index is 1.59. The van der Waals surface area contributed by atoms with Crippen LogP contribution in [0.1, 0.15) is 27.3 Å². The highest BCUT2D eigenvalue weighted by molar-refractivity contribution is 5.93. The van der Waals surface area contributed by atoms with E-state index in [1.165, 1.54) is 17.7 Å². The number of methoxy groups -OCH3 is 1. The number of hydrogen-bond acceptors (Lipinski definition) is 4. The van der Waals surface area contributed by atoms with Crippen LogP contribution in [0.5, 0.6) is 5.75 Å². The Bertz CT molecular complexity index is 998. The first-order valence-electron chi connectivity index (χ1n) is 8.70. The Hall–Kier alpha value is -3.22. The van der Waals surface area contributed by atoms with Crippen LogP contribution in [-0.2, 0) is 13.0 Å². The van der Waals surface area contributed by atoms with Gasteiger partial charge in [0, 0.05) is 13.1 Å². The summed E-state index contributed by atoms with van der Waals surface area (Å²) in [5, 5.41) is 8.16. The molecular formula is C20H19FN4O2. The summed E-state index contributed by atoms with van der Waals surface area (Å²) >= 11 is 0. The number of aromatic nitrogens is 3. The largest absolute Gasteiger partial charge is 0.497 e. The molecule has 6 nitrogen and oxygen atoms in total. The van der Waals surface area contributed by atoms with Gasteiger partial charge >= 0.3 is 0 Å². The van der Waals surface area contributed by atoms with Gasteiger partial charge in [-0.1, -0.05) is 11.3 Å². The zero-order valence-corrected chi connectivity index (χ0v) is 15.1. The molecule has 0 saturated heterocycles. The summed E-state index contributed by atoms with van der Waals surface area (Å²) in [6, 6.07) is 11.9. The van der Waals surface area contributed by atoms with E-state index in [4.69, 9.17) is 4.74 Å². The van der Waals surface area contributed by atoms with E-state index in [9.17, 15) is 9.18 Å². The van der Waals surface area contributed by atoms with Gasteiger partial charge in [0.2, 0.25) is 0 Å². The van der Waals surface area contributed by atoms with Crippen molar-refractivity contribution in [2.45, 2.75) is 19.9 Å². The summed E-state index contributed by atoms with van der Waals surface area (Å²) in [5.74, 6) is 0.297. The van der Waals surface area contributed by atoms with Crippen LogP contribution in [0.2, 0.25) is 0 Å². The minimum atomic E-state index is -0.324. The predicted molar refractivity (Wildman–Crippen MR) is 97.5 cm³/mol. The average molecular weight is 366 g/mol. The van der Waals surface area contributed by atoms with E-state index in [1.807, 2.05) is 18.2 Å². The highest BCUT2D eigenvalue weighted by Gasteiger charge is 2.26. The van der Waals surface area contributed by atoms with Gasteiger partial charge in [0.25, 0.3) is 5.91 Å². The number of benzene rings is 2. The number of ether oxygens (including phenoxy) is 1. The zero-order valence-electron chi connectivity index (χ0n) is 15.1. The lowest BCUT2D eigenvalue weighted by Gasteiger charge is -2.28. The van der Waals surface area contributed by atoms with Gasteiger partial charge in [-0.15, -0.1) is 5.10 Å². The molecule has 0 fully saturated rings. The molecule has 2 aromatic carbocycles. The topological polar surface area (TPSA) is 60.2 Å². The van der Waals surface area contributed by atoms with Crippen molar-refractivity contribution >= 4 is 5.91 Å². The Morgan fingerprint density at radius 1 is 1.15 bits per heavy atom. The molecule has 0 saturated carbocycles. The normalized spacial score (nSPS) is 13.4. The van der Waals surface area contributed by atoms with Crippen molar-refractivity contribution in [3.8, 4) is 11.4 Å². The maximum Gasteiger partial charge on any atom is 0.276 e. The van der Waals surface area contributed by atoms with Crippen LogP contribution in [0.4, 0.5) is 4.39 Å². The zero-order chi connectivity index (χ0) is 19.0. The van der Waals surface area contributed by atoms with E-state index in [0.717, 1.165) is 17.7 Å². The van der Waals surface area contributed by atoms with E-state index in [-0.39, 0.29) is 11.7 Å². The fourth-order valence-electron chi connectivity index (χ4n) is 3.34. The van der Waals surface area contributed by atoms with Crippen molar-refractivity contribution in [2.24, 2.45) is 0 Å². The van der Waals surface area contributed by atoms with Crippen LogP contribution in [0, 0.1) is 12.7 Å². The van der Waals surface area contributed by atoms with Crippen molar-refractivity contribution in [3.05, 3.63) is 70.8 Å². The molecule has 0 radical (unpaired) electrons.